The fraction of sp³-hybridized carbons (Fsp3) is 0.583. The van der Waals surface area contributed by atoms with Gasteiger partial charge in [-0.25, -0.2) is 4.98 Å². The molecule has 2 heterocycles. The molecule has 1 aliphatic carbocycles. The van der Waals surface area contributed by atoms with Gasteiger partial charge in [0.05, 0.1) is 12.2 Å². The van der Waals surface area contributed by atoms with Crippen molar-refractivity contribution in [3.05, 3.63) is 52.2 Å². The van der Waals surface area contributed by atoms with E-state index in [1.54, 1.807) is 0 Å². The highest BCUT2D eigenvalue weighted by atomic mass is 35.5. The molecule has 1 saturated heterocycles. The van der Waals surface area contributed by atoms with Gasteiger partial charge >= 0.3 is 0 Å². The first-order valence-electron chi connectivity index (χ1n) is 11.3. The summed E-state index contributed by atoms with van der Waals surface area (Å²) in [5.41, 5.74) is 2.52. The summed E-state index contributed by atoms with van der Waals surface area (Å²) < 4.78 is 5.74. The monoisotopic (exact) mass is 443 g/mol. The zero-order valence-electron chi connectivity index (χ0n) is 18.9. The normalized spacial score (nSPS) is 19.4. The lowest BCUT2D eigenvalue weighted by molar-refractivity contribution is 0.164. The average Bonchev–Trinajstić information content (AvgIpc) is 3.49. The van der Waals surface area contributed by atoms with Crippen LogP contribution in [0.3, 0.4) is 0 Å². The summed E-state index contributed by atoms with van der Waals surface area (Å²) in [6.45, 7) is 8.79. The molecule has 1 aromatic heterocycles. The van der Waals surface area contributed by atoms with Crippen LogP contribution in [-0.4, -0.2) is 49.1 Å². The second kappa shape index (κ2) is 9.61. The van der Waals surface area contributed by atoms with E-state index >= 15 is 0 Å². The first-order chi connectivity index (χ1) is 15.0. The number of aliphatic imine (C=N–C) groups is 1. The van der Waals surface area contributed by atoms with Crippen molar-refractivity contribution in [1.82, 2.24) is 20.5 Å². The van der Waals surface area contributed by atoms with Gasteiger partial charge in [-0.2, -0.15) is 0 Å². The molecule has 0 bridgehead atoms. The molecular formula is C24H34ClN5O. The average molecular weight is 444 g/mol. The SMILES string of the molecule is CN=C(NCC1CCN(Cc2nc(C)c(C)o2)CC1)NCC1(c2cccc(Cl)c2)CC1. The summed E-state index contributed by atoms with van der Waals surface area (Å²) in [4.78, 5) is 11.4. The number of oxazole rings is 1. The fourth-order valence-corrected chi connectivity index (χ4v) is 4.59. The van der Waals surface area contributed by atoms with Crippen molar-refractivity contribution >= 4 is 17.6 Å². The molecule has 4 rings (SSSR count). The van der Waals surface area contributed by atoms with E-state index in [1.807, 2.05) is 33.0 Å². The Morgan fingerprint density at radius 3 is 2.65 bits per heavy atom. The molecule has 0 unspecified atom stereocenters. The highest BCUT2D eigenvalue weighted by molar-refractivity contribution is 6.30. The van der Waals surface area contributed by atoms with E-state index in [2.05, 4.69) is 37.6 Å². The first-order valence-corrected chi connectivity index (χ1v) is 11.7. The van der Waals surface area contributed by atoms with Crippen LogP contribution in [0.25, 0.3) is 0 Å². The molecule has 2 fully saturated rings. The maximum atomic E-state index is 6.20. The van der Waals surface area contributed by atoms with Gasteiger partial charge in [-0.3, -0.25) is 9.89 Å². The number of aryl methyl sites for hydroxylation is 2. The van der Waals surface area contributed by atoms with Crippen molar-refractivity contribution in [1.29, 1.82) is 0 Å². The number of nitrogens with one attached hydrogen (secondary N) is 2. The number of piperidine rings is 1. The zero-order valence-corrected chi connectivity index (χ0v) is 19.6. The molecule has 0 radical (unpaired) electrons. The zero-order chi connectivity index (χ0) is 21.8. The molecule has 7 heteroatoms. The predicted molar refractivity (Wildman–Crippen MR) is 126 cm³/mol. The van der Waals surface area contributed by atoms with E-state index in [0.29, 0.717) is 5.92 Å². The summed E-state index contributed by atoms with van der Waals surface area (Å²) in [5.74, 6) is 3.31. The second-order valence-electron chi connectivity index (χ2n) is 9.07. The van der Waals surface area contributed by atoms with E-state index < -0.39 is 0 Å². The van der Waals surface area contributed by atoms with Crippen LogP contribution in [0, 0.1) is 19.8 Å². The van der Waals surface area contributed by atoms with Gasteiger partial charge in [0.15, 0.2) is 5.96 Å². The van der Waals surface area contributed by atoms with E-state index in [4.69, 9.17) is 16.0 Å². The lowest BCUT2D eigenvalue weighted by Crippen LogP contribution is -2.44. The van der Waals surface area contributed by atoms with Crippen molar-refractivity contribution < 1.29 is 4.42 Å². The Balaban J connectivity index is 1.19. The number of halogens is 1. The number of aromatic nitrogens is 1. The van der Waals surface area contributed by atoms with Crippen LogP contribution in [0.15, 0.2) is 33.7 Å². The lowest BCUT2D eigenvalue weighted by Gasteiger charge is -2.31. The maximum Gasteiger partial charge on any atom is 0.208 e. The third-order valence-corrected chi connectivity index (χ3v) is 7.04. The number of likely N-dealkylation sites (tertiary alicyclic amines) is 1. The van der Waals surface area contributed by atoms with Crippen LogP contribution >= 0.6 is 11.6 Å². The summed E-state index contributed by atoms with van der Waals surface area (Å²) in [5, 5.41) is 7.90. The molecule has 1 aliphatic heterocycles. The summed E-state index contributed by atoms with van der Waals surface area (Å²) in [6.07, 6.45) is 4.74. The Morgan fingerprint density at radius 2 is 2.03 bits per heavy atom. The van der Waals surface area contributed by atoms with E-state index in [-0.39, 0.29) is 5.41 Å². The molecule has 2 aromatic rings. The predicted octanol–water partition coefficient (Wildman–Crippen LogP) is 4.05. The molecule has 6 nitrogen and oxygen atoms in total. The molecule has 31 heavy (non-hydrogen) atoms. The fourth-order valence-electron chi connectivity index (χ4n) is 4.40. The van der Waals surface area contributed by atoms with Gasteiger partial charge in [0.2, 0.25) is 5.89 Å². The summed E-state index contributed by atoms with van der Waals surface area (Å²) in [7, 11) is 1.84. The van der Waals surface area contributed by atoms with Gasteiger partial charge in [-0.15, -0.1) is 0 Å². The Hall–Kier alpha value is -2.05. The standard InChI is InChI=1S/C24H34ClN5O/c1-17-18(2)31-22(29-17)15-30-11-7-19(8-12-30)14-27-23(26-3)28-16-24(9-10-24)20-5-4-6-21(25)13-20/h4-6,13,19H,7-12,14-16H2,1-3H3,(H2,26,27,28). The number of guanidine groups is 1. The van der Waals surface area contributed by atoms with Crippen molar-refractivity contribution in [3.8, 4) is 0 Å². The Bertz CT molecular complexity index is 893. The van der Waals surface area contributed by atoms with Crippen LogP contribution < -0.4 is 10.6 Å². The number of benzene rings is 1. The smallest absolute Gasteiger partial charge is 0.208 e. The van der Waals surface area contributed by atoms with Gasteiger partial charge in [0.25, 0.3) is 0 Å². The van der Waals surface area contributed by atoms with Crippen LogP contribution in [0.2, 0.25) is 5.02 Å². The molecule has 1 aromatic carbocycles. The third-order valence-electron chi connectivity index (χ3n) is 6.81. The highest BCUT2D eigenvalue weighted by Crippen LogP contribution is 2.48. The minimum Gasteiger partial charge on any atom is -0.444 e. The van der Waals surface area contributed by atoms with E-state index in [0.717, 1.165) is 61.1 Å². The molecular weight excluding hydrogens is 410 g/mol. The van der Waals surface area contributed by atoms with E-state index in [9.17, 15) is 0 Å². The molecule has 0 spiro atoms. The highest BCUT2D eigenvalue weighted by Gasteiger charge is 2.44. The Morgan fingerprint density at radius 1 is 1.26 bits per heavy atom. The van der Waals surface area contributed by atoms with Gasteiger partial charge in [-0.05, 0) is 76.2 Å². The first kappa shape index (κ1) is 22.2. The topological polar surface area (TPSA) is 65.7 Å². The maximum absolute atomic E-state index is 6.20. The van der Waals surface area contributed by atoms with Crippen LogP contribution in [0.1, 0.15) is 48.6 Å². The van der Waals surface area contributed by atoms with Gasteiger partial charge < -0.3 is 15.1 Å². The van der Waals surface area contributed by atoms with Crippen molar-refractivity contribution in [3.63, 3.8) is 0 Å². The molecule has 1 saturated carbocycles. The molecule has 0 amide bonds. The minimum absolute atomic E-state index is 0.199. The summed E-state index contributed by atoms with van der Waals surface area (Å²) >= 11 is 6.20. The number of rotatable bonds is 7. The lowest BCUT2D eigenvalue weighted by atomic mass is 9.96. The van der Waals surface area contributed by atoms with Crippen LogP contribution in [-0.2, 0) is 12.0 Å². The third kappa shape index (κ3) is 5.60. The molecule has 168 valence electrons. The van der Waals surface area contributed by atoms with E-state index in [1.165, 1.54) is 31.2 Å². The van der Waals surface area contributed by atoms with Crippen molar-refractivity contribution in [2.75, 3.05) is 33.2 Å². The van der Waals surface area contributed by atoms with Crippen LogP contribution in [0.5, 0.6) is 0 Å². The Labute approximate surface area is 190 Å². The molecule has 2 N–H and O–H groups in total. The molecule has 0 atom stereocenters. The number of hydrogen-bond acceptors (Lipinski definition) is 4. The van der Waals surface area contributed by atoms with Crippen molar-refractivity contribution in [2.45, 2.75) is 51.5 Å². The Kier molecular flexibility index (Phi) is 6.87. The van der Waals surface area contributed by atoms with Gasteiger partial charge in [0.1, 0.15) is 5.76 Å². The number of nitrogens with zero attached hydrogens (tertiary/aromatic N) is 3. The second-order valence-corrected chi connectivity index (χ2v) is 9.50. The largest absolute Gasteiger partial charge is 0.444 e. The quantitative estimate of drug-likeness (QED) is 0.499. The number of hydrogen-bond donors (Lipinski definition) is 2. The van der Waals surface area contributed by atoms with Gasteiger partial charge in [-0.1, -0.05) is 23.7 Å². The van der Waals surface area contributed by atoms with Crippen molar-refractivity contribution in [2.24, 2.45) is 10.9 Å². The van der Waals surface area contributed by atoms with Crippen LogP contribution in [0.4, 0.5) is 0 Å². The van der Waals surface area contributed by atoms with Gasteiger partial charge in [0, 0.05) is 30.6 Å². The molecule has 2 aliphatic rings. The summed E-state index contributed by atoms with van der Waals surface area (Å²) in [6, 6.07) is 8.27. The minimum atomic E-state index is 0.199.